The topological polar surface area (TPSA) is 27.7 Å². The Bertz CT molecular complexity index is 984. The van der Waals surface area contributed by atoms with E-state index in [1.54, 1.807) is 7.11 Å². The zero-order valence-corrected chi connectivity index (χ0v) is 19.8. The van der Waals surface area contributed by atoms with Gasteiger partial charge < -0.3 is 19.9 Å². The standard InChI is InChI=1S/C26H32ClN3O/c1-6-30(7-2)21-16-17-22(25(18-21)31-5)26(28-24-11-9-8-10-23(24)27)19-12-14-20(15-13-19)29(3)4/h8-18,26,28H,6-7H2,1-5H3. The van der Waals surface area contributed by atoms with E-state index in [2.05, 4.69) is 71.4 Å². The van der Waals surface area contributed by atoms with E-state index >= 15 is 0 Å². The zero-order chi connectivity index (χ0) is 22.4. The molecule has 0 amide bonds. The highest BCUT2D eigenvalue weighted by atomic mass is 35.5. The Hall–Kier alpha value is -2.85. The van der Waals surface area contributed by atoms with Crippen molar-refractivity contribution in [3.05, 3.63) is 82.9 Å². The fourth-order valence-electron chi connectivity index (χ4n) is 3.76. The van der Waals surface area contributed by atoms with E-state index < -0.39 is 0 Å². The van der Waals surface area contributed by atoms with Crippen LogP contribution in [0.2, 0.25) is 5.02 Å². The minimum Gasteiger partial charge on any atom is -0.496 e. The summed E-state index contributed by atoms with van der Waals surface area (Å²) in [6, 6.07) is 22.7. The molecule has 0 aliphatic carbocycles. The molecule has 3 aromatic rings. The van der Waals surface area contributed by atoms with Crippen LogP contribution in [0, 0.1) is 0 Å². The molecule has 31 heavy (non-hydrogen) atoms. The summed E-state index contributed by atoms with van der Waals surface area (Å²) >= 11 is 6.48. The molecule has 3 rings (SSSR count). The van der Waals surface area contributed by atoms with E-state index in [-0.39, 0.29) is 6.04 Å². The number of benzene rings is 3. The fraction of sp³-hybridized carbons (Fsp3) is 0.308. The van der Waals surface area contributed by atoms with Crippen molar-refractivity contribution in [1.29, 1.82) is 0 Å². The second kappa shape index (κ2) is 10.5. The summed E-state index contributed by atoms with van der Waals surface area (Å²) in [5.41, 5.74) is 5.41. The molecule has 0 bridgehead atoms. The fourth-order valence-corrected chi connectivity index (χ4v) is 3.95. The van der Waals surface area contributed by atoms with Crippen LogP contribution in [0.3, 0.4) is 0 Å². The summed E-state index contributed by atoms with van der Waals surface area (Å²) in [6.07, 6.45) is 0. The third kappa shape index (κ3) is 5.26. The first-order chi connectivity index (χ1) is 15.0. The van der Waals surface area contributed by atoms with Gasteiger partial charge in [0.05, 0.1) is 23.9 Å². The Balaban J connectivity index is 2.08. The number of hydrogen-bond donors (Lipinski definition) is 1. The lowest BCUT2D eigenvalue weighted by Gasteiger charge is -2.27. The quantitative estimate of drug-likeness (QED) is 0.415. The first kappa shape index (κ1) is 22.8. The molecule has 1 N–H and O–H groups in total. The third-order valence-electron chi connectivity index (χ3n) is 5.57. The summed E-state index contributed by atoms with van der Waals surface area (Å²) in [5, 5.41) is 4.33. The highest BCUT2D eigenvalue weighted by molar-refractivity contribution is 6.33. The van der Waals surface area contributed by atoms with Gasteiger partial charge >= 0.3 is 0 Å². The van der Waals surface area contributed by atoms with Crippen molar-refractivity contribution in [1.82, 2.24) is 0 Å². The number of nitrogens with one attached hydrogen (secondary N) is 1. The van der Waals surface area contributed by atoms with Crippen molar-refractivity contribution in [3.63, 3.8) is 0 Å². The maximum Gasteiger partial charge on any atom is 0.126 e. The van der Waals surface area contributed by atoms with Gasteiger partial charge in [0.15, 0.2) is 0 Å². The monoisotopic (exact) mass is 437 g/mol. The first-order valence-corrected chi connectivity index (χ1v) is 11.1. The second-order valence-corrected chi connectivity index (χ2v) is 8.05. The van der Waals surface area contributed by atoms with Crippen molar-refractivity contribution in [2.45, 2.75) is 19.9 Å². The smallest absolute Gasteiger partial charge is 0.126 e. The van der Waals surface area contributed by atoms with E-state index in [1.165, 1.54) is 0 Å². The lowest BCUT2D eigenvalue weighted by Crippen LogP contribution is -2.22. The molecular formula is C26H32ClN3O. The maximum atomic E-state index is 6.48. The Morgan fingerprint density at radius 3 is 2.13 bits per heavy atom. The molecule has 0 aliphatic rings. The summed E-state index contributed by atoms with van der Waals surface area (Å²) < 4.78 is 5.85. The van der Waals surface area contributed by atoms with Gasteiger partial charge in [0.2, 0.25) is 0 Å². The van der Waals surface area contributed by atoms with Crippen LogP contribution < -0.4 is 19.9 Å². The molecule has 1 unspecified atom stereocenters. The van der Waals surface area contributed by atoms with Crippen LogP contribution in [0.25, 0.3) is 0 Å². The van der Waals surface area contributed by atoms with Crippen LogP contribution in [0.1, 0.15) is 31.0 Å². The molecule has 164 valence electrons. The van der Waals surface area contributed by atoms with Crippen molar-refractivity contribution in [2.75, 3.05) is 49.4 Å². The summed E-state index contributed by atoms with van der Waals surface area (Å²) in [6.45, 7) is 6.23. The van der Waals surface area contributed by atoms with Crippen LogP contribution in [-0.4, -0.2) is 34.3 Å². The number of methoxy groups -OCH3 is 1. The van der Waals surface area contributed by atoms with Crippen molar-refractivity contribution >= 4 is 28.7 Å². The van der Waals surface area contributed by atoms with E-state index in [0.29, 0.717) is 5.02 Å². The predicted octanol–water partition coefficient (Wildman–Crippen LogP) is 6.46. The zero-order valence-electron chi connectivity index (χ0n) is 19.0. The van der Waals surface area contributed by atoms with Gasteiger partial charge in [-0.2, -0.15) is 0 Å². The van der Waals surface area contributed by atoms with E-state index in [1.807, 2.05) is 38.4 Å². The Morgan fingerprint density at radius 2 is 1.55 bits per heavy atom. The number of nitrogens with zero attached hydrogens (tertiary/aromatic N) is 2. The van der Waals surface area contributed by atoms with Crippen molar-refractivity contribution in [3.8, 4) is 5.75 Å². The molecule has 0 saturated heterocycles. The van der Waals surface area contributed by atoms with Gasteiger partial charge in [0, 0.05) is 50.2 Å². The molecule has 0 aromatic heterocycles. The van der Waals surface area contributed by atoms with Gasteiger partial charge in [0.25, 0.3) is 0 Å². The highest BCUT2D eigenvalue weighted by Gasteiger charge is 2.21. The lowest BCUT2D eigenvalue weighted by atomic mass is 9.96. The molecule has 4 nitrogen and oxygen atoms in total. The van der Waals surface area contributed by atoms with Gasteiger partial charge in [-0.25, -0.2) is 0 Å². The minimum atomic E-state index is -0.114. The van der Waals surface area contributed by atoms with Crippen LogP contribution in [-0.2, 0) is 0 Å². The Morgan fingerprint density at radius 1 is 0.903 bits per heavy atom. The molecule has 5 heteroatoms. The van der Waals surface area contributed by atoms with Crippen LogP contribution >= 0.6 is 11.6 Å². The normalized spacial score (nSPS) is 11.7. The Kier molecular flexibility index (Phi) is 7.69. The van der Waals surface area contributed by atoms with Gasteiger partial charge in [-0.3, -0.25) is 0 Å². The first-order valence-electron chi connectivity index (χ1n) is 10.7. The molecule has 0 aliphatic heterocycles. The maximum absolute atomic E-state index is 6.48. The molecule has 0 spiro atoms. The molecular weight excluding hydrogens is 406 g/mol. The van der Waals surface area contributed by atoms with Gasteiger partial charge in [-0.15, -0.1) is 0 Å². The number of halogens is 1. The average molecular weight is 438 g/mol. The molecule has 3 aromatic carbocycles. The van der Waals surface area contributed by atoms with Crippen LogP contribution in [0.5, 0.6) is 5.75 Å². The lowest BCUT2D eigenvalue weighted by molar-refractivity contribution is 0.408. The van der Waals surface area contributed by atoms with Crippen molar-refractivity contribution in [2.24, 2.45) is 0 Å². The van der Waals surface area contributed by atoms with Crippen LogP contribution in [0.15, 0.2) is 66.7 Å². The summed E-state index contributed by atoms with van der Waals surface area (Å²) in [7, 11) is 5.82. The van der Waals surface area contributed by atoms with Gasteiger partial charge in [-0.05, 0) is 49.7 Å². The summed E-state index contributed by atoms with van der Waals surface area (Å²) in [4.78, 5) is 4.41. The Labute approximate surface area is 191 Å². The predicted molar refractivity (Wildman–Crippen MR) is 134 cm³/mol. The van der Waals surface area contributed by atoms with E-state index in [9.17, 15) is 0 Å². The number of ether oxygens (including phenoxy) is 1. The number of para-hydroxylation sites is 1. The number of anilines is 3. The molecule has 0 saturated carbocycles. The minimum absolute atomic E-state index is 0.114. The molecule has 0 radical (unpaired) electrons. The second-order valence-electron chi connectivity index (χ2n) is 7.64. The largest absolute Gasteiger partial charge is 0.496 e. The number of hydrogen-bond acceptors (Lipinski definition) is 4. The SMILES string of the molecule is CCN(CC)c1ccc(C(Nc2ccccc2Cl)c2ccc(N(C)C)cc2)c(OC)c1. The van der Waals surface area contributed by atoms with E-state index in [0.717, 1.165) is 47.0 Å². The van der Waals surface area contributed by atoms with E-state index in [4.69, 9.17) is 16.3 Å². The molecule has 1 atom stereocenters. The average Bonchev–Trinajstić information content (AvgIpc) is 2.79. The van der Waals surface area contributed by atoms with Crippen molar-refractivity contribution < 1.29 is 4.74 Å². The molecule has 0 fully saturated rings. The summed E-state index contributed by atoms with van der Waals surface area (Å²) in [5.74, 6) is 0.852. The number of rotatable bonds is 9. The van der Waals surface area contributed by atoms with Crippen LogP contribution in [0.4, 0.5) is 17.1 Å². The van der Waals surface area contributed by atoms with Gasteiger partial charge in [0.1, 0.15) is 5.75 Å². The third-order valence-corrected chi connectivity index (χ3v) is 5.90. The highest BCUT2D eigenvalue weighted by Crippen LogP contribution is 2.37. The molecule has 0 heterocycles. The van der Waals surface area contributed by atoms with Gasteiger partial charge in [-0.1, -0.05) is 41.9 Å².